The first-order valence-corrected chi connectivity index (χ1v) is 6.23. The minimum Gasteiger partial charge on any atom is -0.480 e. The van der Waals surface area contributed by atoms with Crippen molar-refractivity contribution in [3.8, 4) is 5.75 Å². The number of nitrogens with one attached hydrogen (secondary N) is 1. The largest absolute Gasteiger partial charge is 0.480 e. The summed E-state index contributed by atoms with van der Waals surface area (Å²) in [5.74, 6) is -0.843. The lowest BCUT2D eigenvalue weighted by molar-refractivity contribution is -0.147. The second kappa shape index (κ2) is 6.10. The van der Waals surface area contributed by atoms with Gasteiger partial charge in [0.1, 0.15) is 12.3 Å². The van der Waals surface area contributed by atoms with E-state index in [-0.39, 0.29) is 19.0 Å². The maximum absolute atomic E-state index is 12.3. The summed E-state index contributed by atoms with van der Waals surface area (Å²) in [5, 5.41) is 11.9. The van der Waals surface area contributed by atoms with E-state index in [0.717, 1.165) is 5.69 Å². The number of rotatable bonds is 5. The highest BCUT2D eigenvalue weighted by Gasteiger charge is 2.30. The molecule has 0 saturated heterocycles. The van der Waals surface area contributed by atoms with Crippen LogP contribution in [0.25, 0.3) is 0 Å². The Kier molecular flexibility index (Phi) is 4.24. The normalized spacial score (nSPS) is 16.3. The van der Waals surface area contributed by atoms with E-state index < -0.39 is 12.1 Å². The van der Waals surface area contributed by atoms with Gasteiger partial charge in [0.05, 0.1) is 12.2 Å². The molecule has 1 amide bonds. The summed E-state index contributed by atoms with van der Waals surface area (Å²) in [5.41, 5.74) is 0.824. The van der Waals surface area contributed by atoms with Gasteiger partial charge in [-0.3, -0.25) is 9.59 Å². The Morgan fingerprint density at radius 1 is 1.50 bits per heavy atom. The van der Waals surface area contributed by atoms with E-state index in [4.69, 9.17) is 9.84 Å². The third-order valence-electron chi connectivity index (χ3n) is 2.90. The standard InChI is InChI=1S/C14H16N2O4/c1-2-7-16(9-13(17)18)14(19)12-8-15-10-5-3-4-6-11(10)20-12/h2-6,12,15H,1,7-9H2,(H,17,18). The molecule has 0 aliphatic carbocycles. The summed E-state index contributed by atoms with van der Waals surface area (Å²) < 4.78 is 5.62. The van der Waals surface area contributed by atoms with Crippen molar-refractivity contribution >= 4 is 17.6 Å². The second-order valence-electron chi connectivity index (χ2n) is 4.38. The molecule has 2 N–H and O–H groups in total. The molecule has 20 heavy (non-hydrogen) atoms. The molecule has 0 saturated carbocycles. The molecule has 0 aromatic heterocycles. The number of hydrogen-bond donors (Lipinski definition) is 2. The van der Waals surface area contributed by atoms with E-state index in [2.05, 4.69) is 11.9 Å². The predicted molar refractivity (Wildman–Crippen MR) is 73.8 cm³/mol. The number of fused-ring (bicyclic) bond motifs is 1. The van der Waals surface area contributed by atoms with Crippen molar-refractivity contribution in [2.24, 2.45) is 0 Å². The fourth-order valence-corrected chi connectivity index (χ4v) is 2.01. The van der Waals surface area contributed by atoms with Gasteiger partial charge in [-0.2, -0.15) is 0 Å². The molecular formula is C14H16N2O4. The van der Waals surface area contributed by atoms with E-state index >= 15 is 0 Å². The minimum atomic E-state index is -1.07. The summed E-state index contributed by atoms with van der Waals surface area (Å²) >= 11 is 0. The van der Waals surface area contributed by atoms with Crippen LogP contribution in [0.2, 0.25) is 0 Å². The van der Waals surface area contributed by atoms with Crippen molar-refractivity contribution < 1.29 is 19.4 Å². The van der Waals surface area contributed by atoms with E-state index in [1.807, 2.05) is 18.2 Å². The summed E-state index contributed by atoms with van der Waals surface area (Å²) in [7, 11) is 0. The number of amides is 1. The van der Waals surface area contributed by atoms with Gasteiger partial charge in [0.15, 0.2) is 6.10 Å². The van der Waals surface area contributed by atoms with E-state index in [1.165, 1.54) is 11.0 Å². The van der Waals surface area contributed by atoms with Crippen LogP contribution < -0.4 is 10.1 Å². The number of carbonyl (C=O) groups excluding carboxylic acids is 1. The maximum Gasteiger partial charge on any atom is 0.323 e. The zero-order valence-electron chi connectivity index (χ0n) is 10.9. The zero-order chi connectivity index (χ0) is 14.5. The fraction of sp³-hybridized carbons (Fsp3) is 0.286. The number of nitrogens with zero attached hydrogens (tertiary/aromatic N) is 1. The number of carbonyl (C=O) groups is 2. The summed E-state index contributed by atoms with van der Waals surface area (Å²) in [4.78, 5) is 24.3. The Balaban J connectivity index is 2.09. The third kappa shape index (κ3) is 3.09. The summed E-state index contributed by atoms with van der Waals surface area (Å²) in [6, 6.07) is 7.30. The first-order chi connectivity index (χ1) is 9.61. The van der Waals surface area contributed by atoms with Gasteiger partial charge in [-0.15, -0.1) is 6.58 Å². The monoisotopic (exact) mass is 276 g/mol. The average Bonchev–Trinajstić information content (AvgIpc) is 2.45. The van der Waals surface area contributed by atoms with Crippen molar-refractivity contribution in [3.63, 3.8) is 0 Å². The van der Waals surface area contributed by atoms with Gasteiger partial charge >= 0.3 is 5.97 Å². The van der Waals surface area contributed by atoms with Crippen LogP contribution in [0.15, 0.2) is 36.9 Å². The van der Waals surface area contributed by atoms with Crippen LogP contribution in [0, 0.1) is 0 Å². The van der Waals surface area contributed by atoms with Crippen LogP contribution in [0.4, 0.5) is 5.69 Å². The van der Waals surface area contributed by atoms with Crippen molar-refractivity contribution in [2.75, 3.05) is 25.0 Å². The Bertz CT molecular complexity index is 530. The quantitative estimate of drug-likeness (QED) is 0.783. The molecule has 1 unspecified atom stereocenters. The molecule has 0 radical (unpaired) electrons. The van der Waals surface area contributed by atoms with Crippen LogP contribution >= 0.6 is 0 Å². The molecule has 1 aliphatic rings. The van der Waals surface area contributed by atoms with Gasteiger partial charge in [0.25, 0.3) is 5.91 Å². The van der Waals surface area contributed by atoms with Gasteiger partial charge in [-0.05, 0) is 12.1 Å². The summed E-state index contributed by atoms with van der Waals surface area (Å²) in [6.07, 6.45) is 0.759. The lowest BCUT2D eigenvalue weighted by atomic mass is 10.2. The molecule has 1 atom stereocenters. The first-order valence-electron chi connectivity index (χ1n) is 6.23. The van der Waals surface area contributed by atoms with Crippen molar-refractivity contribution in [1.82, 2.24) is 4.90 Å². The third-order valence-corrected chi connectivity index (χ3v) is 2.90. The van der Waals surface area contributed by atoms with Crippen LogP contribution in [-0.2, 0) is 9.59 Å². The number of hydrogen-bond acceptors (Lipinski definition) is 4. The molecule has 0 spiro atoms. The smallest absolute Gasteiger partial charge is 0.323 e. The van der Waals surface area contributed by atoms with Crippen molar-refractivity contribution in [1.29, 1.82) is 0 Å². The lowest BCUT2D eigenvalue weighted by Crippen LogP contribution is -2.48. The Labute approximate surface area is 116 Å². The van der Waals surface area contributed by atoms with Gasteiger partial charge < -0.3 is 20.1 Å². The number of anilines is 1. The number of para-hydroxylation sites is 2. The van der Waals surface area contributed by atoms with Gasteiger partial charge in [0, 0.05) is 6.54 Å². The molecule has 1 aliphatic heterocycles. The molecule has 1 aromatic rings. The van der Waals surface area contributed by atoms with E-state index in [9.17, 15) is 9.59 Å². The average molecular weight is 276 g/mol. The molecule has 6 nitrogen and oxygen atoms in total. The SMILES string of the molecule is C=CCN(CC(=O)O)C(=O)C1CNc2ccccc2O1. The van der Waals surface area contributed by atoms with Crippen LogP contribution in [0.3, 0.4) is 0 Å². The Morgan fingerprint density at radius 3 is 2.95 bits per heavy atom. The van der Waals surface area contributed by atoms with E-state index in [1.54, 1.807) is 6.07 Å². The number of carboxylic acid groups (broad SMARTS) is 1. The molecule has 6 heteroatoms. The van der Waals surface area contributed by atoms with E-state index in [0.29, 0.717) is 12.3 Å². The predicted octanol–water partition coefficient (Wildman–Crippen LogP) is 0.959. The maximum atomic E-state index is 12.3. The number of benzene rings is 1. The molecule has 1 aromatic carbocycles. The van der Waals surface area contributed by atoms with Crippen LogP contribution in [-0.4, -0.2) is 47.6 Å². The number of carboxylic acids is 1. The van der Waals surface area contributed by atoms with Gasteiger partial charge in [-0.1, -0.05) is 18.2 Å². The highest BCUT2D eigenvalue weighted by atomic mass is 16.5. The number of ether oxygens (including phenoxy) is 1. The van der Waals surface area contributed by atoms with Crippen LogP contribution in [0.5, 0.6) is 5.75 Å². The fourth-order valence-electron chi connectivity index (χ4n) is 2.01. The van der Waals surface area contributed by atoms with Crippen molar-refractivity contribution in [3.05, 3.63) is 36.9 Å². The molecule has 0 bridgehead atoms. The topological polar surface area (TPSA) is 78.9 Å². The highest BCUT2D eigenvalue weighted by molar-refractivity contribution is 5.86. The molecule has 2 rings (SSSR count). The second-order valence-corrected chi connectivity index (χ2v) is 4.38. The molecule has 0 fully saturated rings. The van der Waals surface area contributed by atoms with Crippen LogP contribution in [0.1, 0.15) is 0 Å². The number of aliphatic carboxylic acids is 1. The Morgan fingerprint density at radius 2 is 2.25 bits per heavy atom. The van der Waals surface area contributed by atoms with Gasteiger partial charge in [-0.25, -0.2) is 0 Å². The summed E-state index contributed by atoms with van der Waals surface area (Å²) in [6.45, 7) is 3.64. The highest BCUT2D eigenvalue weighted by Crippen LogP contribution is 2.28. The Hall–Kier alpha value is -2.50. The minimum absolute atomic E-state index is 0.173. The molecular weight excluding hydrogens is 260 g/mol. The molecule has 1 heterocycles. The first kappa shape index (κ1) is 13.9. The zero-order valence-corrected chi connectivity index (χ0v) is 10.9. The molecule has 106 valence electrons. The van der Waals surface area contributed by atoms with Gasteiger partial charge in [0.2, 0.25) is 0 Å². The lowest BCUT2D eigenvalue weighted by Gasteiger charge is -2.30. The van der Waals surface area contributed by atoms with Crippen molar-refractivity contribution in [2.45, 2.75) is 6.10 Å².